The van der Waals surface area contributed by atoms with Gasteiger partial charge in [0.25, 0.3) is 0 Å². The van der Waals surface area contributed by atoms with Gasteiger partial charge in [0.15, 0.2) is 0 Å². The molecule has 0 aromatic carbocycles. The lowest BCUT2D eigenvalue weighted by Gasteiger charge is -2.14. The average molecular weight is 265 g/mol. The highest BCUT2D eigenvalue weighted by Gasteiger charge is 2.08. The maximum atomic E-state index is 9.95. The Hall–Kier alpha value is -1.86. The van der Waals surface area contributed by atoms with Crippen molar-refractivity contribution in [2.24, 2.45) is 20.9 Å². The van der Waals surface area contributed by atoms with Crippen LogP contribution >= 0.6 is 0 Å². The molecule has 6 heteroatoms. The normalized spacial score (nSPS) is 10.7. The van der Waals surface area contributed by atoms with Gasteiger partial charge in [-0.05, 0) is 44.4 Å². The van der Waals surface area contributed by atoms with Gasteiger partial charge in [-0.1, -0.05) is 0 Å². The minimum Gasteiger partial charge on any atom is -0.211 e. The van der Waals surface area contributed by atoms with E-state index in [1.54, 1.807) is 0 Å². The van der Waals surface area contributed by atoms with Crippen LogP contribution in [0.2, 0.25) is 0 Å². The smallest absolute Gasteiger partial charge is 0.211 e. The summed E-state index contributed by atoms with van der Waals surface area (Å²) in [4.78, 5) is 40.4. The molecule has 0 N–H and O–H groups in total. The van der Waals surface area contributed by atoms with Crippen LogP contribution in [0.3, 0.4) is 0 Å². The summed E-state index contributed by atoms with van der Waals surface area (Å²) < 4.78 is 0. The van der Waals surface area contributed by atoms with E-state index in [1.165, 1.54) is 18.2 Å². The van der Waals surface area contributed by atoms with Crippen LogP contribution in [-0.2, 0) is 14.4 Å². The molecular weight excluding hydrogens is 246 g/mol. The number of carbonyl (C=O) groups excluding carboxylic acids is 3. The molecule has 0 aromatic rings. The van der Waals surface area contributed by atoms with Crippen LogP contribution in [0.1, 0.15) is 38.5 Å². The lowest BCUT2D eigenvalue weighted by molar-refractivity contribution is 0.394. The number of nitrogens with zero attached hydrogens (tertiary/aromatic N) is 3. The topological polar surface area (TPSA) is 88.3 Å². The van der Waals surface area contributed by atoms with E-state index in [4.69, 9.17) is 0 Å². The monoisotopic (exact) mass is 265 g/mol. The second-order valence-corrected chi connectivity index (χ2v) is 4.21. The van der Waals surface area contributed by atoms with Crippen molar-refractivity contribution in [3.63, 3.8) is 0 Å². The summed E-state index contributed by atoms with van der Waals surface area (Å²) >= 11 is 0. The second-order valence-electron chi connectivity index (χ2n) is 4.21. The fourth-order valence-corrected chi connectivity index (χ4v) is 1.95. The molecule has 0 unspecified atom stereocenters. The molecular formula is C13H19N3O3. The van der Waals surface area contributed by atoms with Crippen molar-refractivity contribution in [3.8, 4) is 0 Å². The van der Waals surface area contributed by atoms with Gasteiger partial charge in [-0.3, -0.25) is 0 Å². The predicted molar refractivity (Wildman–Crippen MR) is 70.2 cm³/mol. The number of aliphatic imine (C=N–C) groups is 3. The van der Waals surface area contributed by atoms with Crippen molar-refractivity contribution in [1.82, 2.24) is 0 Å². The highest BCUT2D eigenvalue weighted by atomic mass is 16.1. The summed E-state index contributed by atoms with van der Waals surface area (Å²) in [6.07, 6.45) is 9.96. The first kappa shape index (κ1) is 17.1. The molecule has 0 rings (SSSR count). The molecule has 0 amide bonds. The largest absolute Gasteiger partial charge is 0.234 e. The summed E-state index contributed by atoms with van der Waals surface area (Å²) in [5.74, 6) is 0.477. The molecule has 0 atom stereocenters. The van der Waals surface area contributed by atoms with Crippen molar-refractivity contribution in [2.75, 3.05) is 19.6 Å². The van der Waals surface area contributed by atoms with Gasteiger partial charge in [0, 0.05) is 0 Å². The maximum Gasteiger partial charge on any atom is 0.234 e. The van der Waals surface area contributed by atoms with E-state index in [9.17, 15) is 14.4 Å². The van der Waals surface area contributed by atoms with Crippen LogP contribution in [0.15, 0.2) is 15.0 Å². The van der Waals surface area contributed by atoms with Gasteiger partial charge >= 0.3 is 0 Å². The van der Waals surface area contributed by atoms with Crippen LogP contribution in [0, 0.1) is 5.92 Å². The van der Waals surface area contributed by atoms with Crippen molar-refractivity contribution < 1.29 is 14.4 Å². The molecule has 0 heterocycles. The quantitative estimate of drug-likeness (QED) is 0.307. The molecule has 104 valence electrons. The van der Waals surface area contributed by atoms with E-state index in [0.29, 0.717) is 25.6 Å². The van der Waals surface area contributed by atoms with Gasteiger partial charge in [0.05, 0.1) is 19.6 Å². The zero-order chi connectivity index (χ0) is 14.2. The molecule has 0 aliphatic carbocycles. The lowest BCUT2D eigenvalue weighted by atomic mass is 9.93. The highest BCUT2D eigenvalue weighted by molar-refractivity contribution is 5.33. The zero-order valence-electron chi connectivity index (χ0n) is 11.0. The van der Waals surface area contributed by atoms with Crippen molar-refractivity contribution in [3.05, 3.63) is 0 Å². The van der Waals surface area contributed by atoms with Gasteiger partial charge in [0.1, 0.15) is 0 Å². The Morgan fingerprint density at radius 2 is 0.947 bits per heavy atom. The Kier molecular flexibility index (Phi) is 12.8. The zero-order valence-corrected chi connectivity index (χ0v) is 11.0. The molecule has 0 fully saturated rings. The van der Waals surface area contributed by atoms with Crippen LogP contribution in [0.5, 0.6) is 0 Å². The van der Waals surface area contributed by atoms with E-state index in [-0.39, 0.29) is 0 Å². The standard InChI is InChI=1S/C13H19N3O3/c17-10-14-7-1-4-13(5-2-8-15-11-18)6-3-9-16-12-19/h13H,1-9H2. The lowest BCUT2D eigenvalue weighted by Crippen LogP contribution is -2.04. The Balaban J connectivity index is 3.93. The minimum atomic E-state index is 0.477. The summed E-state index contributed by atoms with van der Waals surface area (Å²) in [5.41, 5.74) is 0. The molecule has 0 saturated carbocycles. The molecule has 0 spiro atoms. The third-order valence-corrected chi connectivity index (χ3v) is 2.84. The Morgan fingerprint density at radius 1 is 0.632 bits per heavy atom. The molecule has 0 aliphatic heterocycles. The molecule has 6 nitrogen and oxygen atoms in total. The SMILES string of the molecule is O=C=NCCCC(CCCN=C=O)CCCN=C=O. The van der Waals surface area contributed by atoms with Crippen LogP contribution in [-0.4, -0.2) is 37.9 Å². The Morgan fingerprint density at radius 3 is 1.21 bits per heavy atom. The van der Waals surface area contributed by atoms with E-state index < -0.39 is 0 Å². The van der Waals surface area contributed by atoms with Crippen LogP contribution in [0.4, 0.5) is 0 Å². The van der Waals surface area contributed by atoms with Crippen molar-refractivity contribution in [1.29, 1.82) is 0 Å². The number of hydrogen-bond donors (Lipinski definition) is 0. The predicted octanol–water partition coefficient (Wildman–Crippen LogP) is 1.95. The third-order valence-electron chi connectivity index (χ3n) is 2.84. The van der Waals surface area contributed by atoms with Gasteiger partial charge in [0.2, 0.25) is 18.2 Å². The molecule has 0 bridgehead atoms. The summed E-state index contributed by atoms with van der Waals surface area (Å²) in [6, 6.07) is 0. The van der Waals surface area contributed by atoms with E-state index in [1.807, 2.05) is 0 Å². The second kappa shape index (κ2) is 14.2. The van der Waals surface area contributed by atoms with Crippen molar-refractivity contribution in [2.45, 2.75) is 38.5 Å². The van der Waals surface area contributed by atoms with Gasteiger partial charge in [-0.15, -0.1) is 0 Å². The maximum absolute atomic E-state index is 9.95. The number of isocyanates is 3. The first-order chi connectivity index (χ1) is 9.35. The van der Waals surface area contributed by atoms with Gasteiger partial charge in [-0.2, -0.15) is 0 Å². The Bertz CT molecular complexity index is 308. The highest BCUT2D eigenvalue weighted by Crippen LogP contribution is 2.19. The summed E-state index contributed by atoms with van der Waals surface area (Å²) in [6.45, 7) is 1.50. The summed E-state index contributed by atoms with van der Waals surface area (Å²) in [5, 5.41) is 0. The molecule has 0 saturated heterocycles. The third kappa shape index (κ3) is 12.4. The molecule has 19 heavy (non-hydrogen) atoms. The molecule has 0 aliphatic rings. The van der Waals surface area contributed by atoms with Gasteiger partial charge < -0.3 is 0 Å². The fourth-order valence-electron chi connectivity index (χ4n) is 1.95. The Labute approximate surface area is 112 Å². The number of rotatable bonds is 12. The minimum absolute atomic E-state index is 0.477. The van der Waals surface area contributed by atoms with Crippen molar-refractivity contribution >= 4 is 18.2 Å². The number of hydrogen-bond acceptors (Lipinski definition) is 6. The first-order valence-corrected chi connectivity index (χ1v) is 6.46. The first-order valence-electron chi connectivity index (χ1n) is 6.46. The van der Waals surface area contributed by atoms with E-state index in [2.05, 4.69) is 15.0 Å². The molecule has 0 aromatic heterocycles. The van der Waals surface area contributed by atoms with Crippen LogP contribution in [0.25, 0.3) is 0 Å². The van der Waals surface area contributed by atoms with Crippen LogP contribution < -0.4 is 0 Å². The van der Waals surface area contributed by atoms with E-state index in [0.717, 1.165) is 38.5 Å². The fraction of sp³-hybridized carbons (Fsp3) is 0.769. The molecule has 0 radical (unpaired) electrons. The van der Waals surface area contributed by atoms with Gasteiger partial charge in [-0.25, -0.2) is 29.4 Å². The van der Waals surface area contributed by atoms with E-state index >= 15 is 0 Å². The average Bonchev–Trinajstić information content (AvgIpc) is 2.43. The summed E-state index contributed by atoms with van der Waals surface area (Å²) in [7, 11) is 0.